The van der Waals surface area contributed by atoms with Crippen LogP contribution >= 0.6 is 11.3 Å². The van der Waals surface area contributed by atoms with Crippen molar-refractivity contribution in [3.05, 3.63) is 45.9 Å². The minimum Gasteiger partial charge on any atom is -0.345 e. The van der Waals surface area contributed by atoms with Gasteiger partial charge in [-0.1, -0.05) is 5.92 Å². The monoisotopic (exact) mass is 455 g/mol. The van der Waals surface area contributed by atoms with Crippen LogP contribution in [0.4, 0.5) is 0 Å². The number of nitrogens with one attached hydrogen (secondary N) is 2. The van der Waals surface area contributed by atoms with Crippen LogP contribution in [-0.2, 0) is 27.8 Å². The Morgan fingerprint density at radius 3 is 2.81 bits per heavy atom. The SMILES string of the molecule is C#Cc1ccc2[nH]c(S(=O)(=O)N3CCN(C(=O)C4Cc5ncsc5CN4)CC3)cc2c1. The number of H-pyrrole nitrogens is 1. The molecule has 2 aromatic heterocycles. The predicted molar refractivity (Wildman–Crippen MR) is 118 cm³/mol. The number of nitrogens with zero attached hydrogens (tertiary/aromatic N) is 3. The Labute approximate surface area is 184 Å². The van der Waals surface area contributed by atoms with Gasteiger partial charge in [0.2, 0.25) is 5.91 Å². The van der Waals surface area contributed by atoms with Gasteiger partial charge in [-0.25, -0.2) is 13.4 Å². The van der Waals surface area contributed by atoms with E-state index < -0.39 is 10.0 Å². The summed E-state index contributed by atoms with van der Waals surface area (Å²) in [6, 6.07) is 6.64. The fraction of sp³-hybridized carbons (Fsp3) is 0.333. The summed E-state index contributed by atoms with van der Waals surface area (Å²) >= 11 is 1.59. The van der Waals surface area contributed by atoms with E-state index in [1.54, 1.807) is 46.0 Å². The van der Waals surface area contributed by atoms with E-state index in [0.717, 1.165) is 16.6 Å². The number of aromatic nitrogens is 2. The van der Waals surface area contributed by atoms with Crippen molar-refractivity contribution < 1.29 is 13.2 Å². The minimum atomic E-state index is -3.69. The summed E-state index contributed by atoms with van der Waals surface area (Å²) in [6.45, 7) is 1.89. The van der Waals surface area contributed by atoms with Crippen molar-refractivity contribution in [3.63, 3.8) is 0 Å². The Balaban J connectivity index is 1.27. The quantitative estimate of drug-likeness (QED) is 0.578. The summed E-state index contributed by atoms with van der Waals surface area (Å²) < 4.78 is 27.7. The zero-order chi connectivity index (χ0) is 21.6. The summed E-state index contributed by atoms with van der Waals surface area (Å²) in [5, 5.41) is 4.18. The van der Waals surface area contributed by atoms with Gasteiger partial charge in [0.05, 0.1) is 17.2 Å². The van der Waals surface area contributed by atoms with Gasteiger partial charge in [-0.2, -0.15) is 4.31 Å². The summed E-state index contributed by atoms with van der Waals surface area (Å²) in [5.74, 6) is 2.56. The van der Waals surface area contributed by atoms with Crippen LogP contribution < -0.4 is 5.32 Å². The van der Waals surface area contributed by atoms with Crippen molar-refractivity contribution in [3.8, 4) is 12.3 Å². The van der Waals surface area contributed by atoms with Gasteiger partial charge in [0.15, 0.2) is 0 Å². The number of piperazine rings is 1. The van der Waals surface area contributed by atoms with Crippen LogP contribution in [0.3, 0.4) is 0 Å². The van der Waals surface area contributed by atoms with Gasteiger partial charge < -0.3 is 15.2 Å². The molecule has 1 amide bonds. The molecule has 1 unspecified atom stereocenters. The van der Waals surface area contributed by atoms with Crippen LogP contribution in [-0.4, -0.2) is 65.7 Å². The summed E-state index contributed by atoms with van der Waals surface area (Å²) in [5.41, 5.74) is 4.20. The van der Waals surface area contributed by atoms with E-state index in [1.807, 2.05) is 0 Å². The Morgan fingerprint density at radius 2 is 2.03 bits per heavy atom. The molecule has 8 nitrogen and oxygen atoms in total. The number of terminal acetylenes is 1. The normalized spacial score (nSPS) is 19.8. The lowest BCUT2D eigenvalue weighted by Gasteiger charge is -2.36. The average molecular weight is 456 g/mol. The maximum atomic E-state index is 13.1. The second kappa shape index (κ2) is 7.76. The standard InChI is InChI=1S/C21H21N5O3S2/c1-2-14-3-4-16-15(9-14)10-20(24-16)31(28,29)26-7-5-25(6-8-26)21(27)18-11-17-19(12-22-18)30-13-23-17/h1,3-4,9-10,13,18,22,24H,5-8,11-12H2. The molecule has 0 bridgehead atoms. The smallest absolute Gasteiger partial charge is 0.258 e. The van der Waals surface area contributed by atoms with E-state index in [4.69, 9.17) is 6.42 Å². The highest BCUT2D eigenvalue weighted by atomic mass is 32.2. The first kappa shape index (κ1) is 20.2. The summed E-state index contributed by atoms with van der Waals surface area (Å²) in [6.07, 6.45) is 6.01. The molecule has 2 N–H and O–H groups in total. The topological polar surface area (TPSA) is 98.4 Å². The summed E-state index contributed by atoms with van der Waals surface area (Å²) in [4.78, 5) is 23.2. The molecule has 31 heavy (non-hydrogen) atoms. The number of sulfonamides is 1. The Kier molecular flexibility index (Phi) is 5.06. The molecule has 10 heteroatoms. The first-order valence-corrected chi connectivity index (χ1v) is 12.3. The molecule has 0 saturated carbocycles. The lowest BCUT2D eigenvalue weighted by molar-refractivity contribution is -0.134. The van der Waals surface area contributed by atoms with Gasteiger partial charge in [-0.15, -0.1) is 17.8 Å². The van der Waals surface area contributed by atoms with Gasteiger partial charge in [0.1, 0.15) is 5.03 Å². The number of thiazole rings is 1. The first-order valence-electron chi connectivity index (χ1n) is 9.98. The average Bonchev–Trinajstić information content (AvgIpc) is 3.44. The molecule has 2 aliphatic heterocycles. The number of fused-ring (bicyclic) bond motifs is 2. The van der Waals surface area contributed by atoms with E-state index in [0.29, 0.717) is 31.6 Å². The van der Waals surface area contributed by atoms with Crippen molar-refractivity contribution in [1.82, 2.24) is 24.5 Å². The molecule has 1 atom stereocenters. The molecule has 2 aliphatic rings. The lowest BCUT2D eigenvalue weighted by Crippen LogP contribution is -2.56. The van der Waals surface area contributed by atoms with Crippen LogP contribution in [0, 0.1) is 12.3 Å². The molecule has 1 saturated heterocycles. The molecule has 3 aromatic rings. The van der Waals surface area contributed by atoms with Gasteiger partial charge in [0.25, 0.3) is 10.0 Å². The Hall–Kier alpha value is -2.71. The van der Waals surface area contributed by atoms with Gasteiger partial charge >= 0.3 is 0 Å². The molecular weight excluding hydrogens is 434 g/mol. The van der Waals surface area contributed by atoms with Crippen LogP contribution in [0.5, 0.6) is 0 Å². The maximum absolute atomic E-state index is 13.1. The maximum Gasteiger partial charge on any atom is 0.258 e. The first-order chi connectivity index (χ1) is 15.0. The fourth-order valence-electron chi connectivity index (χ4n) is 4.10. The highest BCUT2D eigenvalue weighted by Crippen LogP contribution is 2.24. The number of benzene rings is 1. The largest absolute Gasteiger partial charge is 0.345 e. The van der Waals surface area contributed by atoms with Gasteiger partial charge in [-0.3, -0.25) is 4.79 Å². The molecule has 0 spiro atoms. The van der Waals surface area contributed by atoms with Crippen molar-refractivity contribution in [2.45, 2.75) is 24.0 Å². The van der Waals surface area contributed by atoms with E-state index in [2.05, 4.69) is 21.2 Å². The molecule has 160 valence electrons. The highest BCUT2D eigenvalue weighted by Gasteiger charge is 2.34. The zero-order valence-electron chi connectivity index (χ0n) is 16.7. The number of hydrogen-bond acceptors (Lipinski definition) is 6. The molecule has 0 aliphatic carbocycles. The fourth-order valence-corrected chi connectivity index (χ4v) is 6.29. The predicted octanol–water partition coefficient (Wildman–Crippen LogP) is 1.15. The van der Waals surface area contributed by atoms with Gasteiger partial charge in [-0.05, 0) is 24.3 Å². The number of carbonyl (C=O) groups is 1. The van der Waals surface area contributed by atoms with E-state index in [-0.39, 0.29) is 30.1 Å². The van der Waals surface area contributed by atoms with Crippen LogP contribution in [0.2, 0.25) is 0 Å². The van der Waals surface area contributed by atoms with Crippen molar-refractivity contribution in [2.75, 3.05) is 26.2 Å². The third kappa shape index (κ3) is 3.64. The number of rotatable bonds is 3. The van der Waals surface area contributed by atoms with E-state index >= 15 is 0 Å². The van der Waals surface area contributed by atoms with Crippen molar-refractivity contribution in [2.24, 2.45) is 0 Å². The molecule has 4 heterocycles. The van der Waals surface area contributed by atoms with E-state index in [9.17, 15) is 13.2 Å². The second-order valence-electron chi connectivity index (χ2n) is 7.67. The molecular formula is C21H21N5O3S2. The van der Waals surface area contributed by atoms with Crippen LogP contribution in [0.1, 0.15) is 16.1 Å². The number of aromatic amines is 1. The Morgan fingerprint density at radius 1 is 1.23 bits per heavy atom. The highest BCUT2D eigenvalue weighted by molar-refractivity contribution is 7.89. The summed E-state index contributed by atoms with van der Waals surface area (Å²) in [7, 11) is -3.69. The second-order valence-corrected chi connectivity index (χ2v) is 10.5. The van der Waals surface area contributed by atoms with Gasteiger partial charge in [0, 0.05) is 60.5 Å². The van der Waals surface area contributed by atoms with Crippen molar-refractivity contribution in [1.29, 1.82) is 0 Å². The van der Waals surface area contributed by atoms with E-state index in [1.165, 1.54) is 9.18 Å². The number of carbonyl (C=O) groups excluding carboxylic acids is 1. The number of hydrogen-bond donors (Lipinski definition) is 2. The molecule has 1 fully saturated rings. The van der Waals surface area contributed by atoms with Crippen LogP contribution in [0.15, 0.2) is 34.8 Å². The Bertz CT molecular complexity index is 1300. The molecule has 5 rings (SSSR count). The third-order valence-electron chi connectivity index (χ3n) is 5.86. The lowest BCUT2D eigenvalue weighted by atomic mass is 10.0. The number of amides is 1. The van der Waals surface area contributed by atoms with Crippen LogP contribution in [0.25, 0.3) is 10.9 Å². The molecule has 0 radical (unpaired) electrons. The van der Waals surface area contributed by atoms with Crippen molar-refractivity contribution >= 4 is 38.2 Å². The zero-order valence-corrected chi connectivity index (χ0v) is 18.3. The third-order valence-corrected chi connectivity index (χ3v) is 8.56. The minimum absolute atomic E-state index is 0.00289. The molecule has 1 aromatic carbocycles.